The molecule has 2 aromatic carbocycles. The van der Waals surface area contributed by atoms with Crippen LogP contribution >= 0.6 is 0 Å². The number of fused-ring (bicyclic) bond motifs is 2. The molecule has 0 bridgehead atoms. The predicted octanol–water partition coefficient (Wildman–Crippen LogP) is 1.86. The zero-order valence-corrected chi connectivity index (χ0v) is 18.3. The number of rotatable bonds is 6. The summed E-state index contributed by atoms with van der Waals surface area (Å²) >= 11 is 0. The molecule has 1 aromatic heterocycles. The molecule has 1 aliphatic rings. The lowest BCUT2D eigenvalue weighted by molar-refractivity contribution is -0.115. The number of aromatic nitrogens is 1. The Morgan fingerprint density at radius 1 is 1.12 bits per heavy atom. The van der Waals surface area contributed by atoms with Crippen molar-refractivity contribution in [2.24, 2.45) is 0 Å². The molecule has 1 aliphatic heterocycles. The van der Waals surface area contributed by atoms with E-state index in [0.717, 1.165) is 12.0 Å². The zero-order chi connectivity index (χ0) is 22.7. The number of urea groups is 1. The van der Waals surface area contributed by atoms with Crippen molar-refractivity contribution < 1.29 is 14.0 Å². The summed E-state index contributed by atoms with van der Waals surface area (Å²) in [4.78, 5) is 40.7. The topological polar surface area (TPSA) is 99.8 Å². The molecule has 168 valence electrons. The summed E-state index contributed by atoms with van der Waals surface area (Å²) < 4.78 is 6.82. The summed E-state index contributed by atoms with van der Waals surface area (Å²) in [5, 5.41) is 5.45. The Bertz CT molecular complexity index is 1200. The van der Waals surface area contributed by atoms with Crippen LogP contribution in [0.1, 0.15) is 11.1 Å². The van der Waals surface area contributed by atoms with E-state index in [-0.39, 0.29) is 18.5 Å². The number of hydrogen-bond acceptors (Lipinski definition) is 5. The molecule has 2 N–H and O–H groups in total. The summed E-state index contributed by atoms with van der Waals surface area (Å²) in [6.07, 6.45) is 0.802. The first-order chi connectivity index (χ1) is 15.4. The summed E-state index contributed by atoms with van der Waals surface area (Å²) in [5.74, 6) is -0.776. The van der Waals surface area contributed by atoms with Crippen LogP contribution in [0.25, 0.3) is 11.1 Å². The predicted molar refractivity (Wildman–Crippen MR) is 122 cm³/mol. The minimum Gasteiger partial charge on any atom is -0.408 e. The summed E-state index contributed by atoms with van der Waals surface area (Å²) in [6.45, 7) is 2.16. The maximum Gasteiger partial charge on any atom is 0.419 e. The van der Waals surface area contributed by atoms with Crippen molar-refractivity contribution in [1.82, 2.24) is 19.7 Å². The highest BCUT2D eigenvalue weighted by atomic mass is 16.4. The van der Waals surface area contributed by atoms with Crippen molar-refractivity contribution in [3.8, 4) is 0 Å². The molecule has 9 nitrogen and oxygen atoms in total. The van der Waals surface area contributed by atoms with Crippen LogP contribution in [0.5, 0.6) is 0 Å². The highest BCUT2D eigenvalue weighted by Crippen LogP contribution is 2.19. The molecule has 0 fully saturated rings. The molecule has 0 unspecified atom stereocenters. The average Bonchev–Trinajstić information content (AvgIpc) is 3.09. The van der Waals surface area contributed by atoms with Gasteiger partial charge >= 0.3 is 11.8 Å². The molecule has 0 aliphatic carbocycles. The molecule has 0 radical (unpaired) electrons. The lowest BCUT2D eigenvalue weighted by Gasteiger charge is -2.28. The van der Waals surface area contributed by atoms with Crippen molar-refractivity contribution in [3.05, 3.63) is 64.1 Å². The number of likely N-dealkylation sites (N-methyl/N-ethyl adjacent to an activating group) is 1. The maximum absolute atomic E-state index is 12.5. The van der Waals surface area contributed by atoms with Crippen LogP contribution in [0.2, 0.25) is 0 Å². The number of nitrogens with one attached hydrogen (secondary N) is 2. The minimum absolute atomic E-state index is 0.145. The van der Waals surface area contributed by atoms with Gasteiger partial charge in [0.05, 0.1) is 12.1 Å². The number of hydrogen-bond donors (Lipinski definition) is 2. The quantitative estimate of drug-likeness (QED) is 0.613. The van der Waals surface area contributed by atoms with Gasteiger partial charge in [0.25, 0.3) is 0 Å². The number of anilines is 1. The Kier molecular flexibility index (Phi) is 6.27. The second kappa shape index (κ2) is 9.27. The van der Waals surface area contributed by atoms with Crippen molar-refractivity contribution in [1.29, 1.82) is 0 Å². The van der Waals surface area contributed by atoms with Gasteiger partial charge in [0.2, 0.25) is 5.91 Å². The molecule has 0 spiro atoms. The lowest BCUT2D eigenvalue weighted by Crippen LogP contribution is -2.45. The molecule has 2 heterocycles. The third-order valence-corrected chi connectivity index (χ3v) is 5.54. The number of benzene rings is 2. The van der Waals surface area contributed by atoms with Gasteiger partial charge in [0.15, 0.2) is 5.58 Å². The summed E-state index contributed by atoms with van der Waals surface area (Å²) in [6, 6.07) is 12.8. The Balaban J connectivity index is 1.35. The SMILES string of the molecule is CN(C)CCn1c(=O)oc2ccc(NC(=O)CNC(=O)N3CCc4ccccc4C3)cc21. The summed E-state index contributed by atoms with van der Waals surface area (Å²) in [7, 11) is 3.85. The minimum atomic E-state index is -0.430. The van der Waals surface area contributed by atoms with E-state index in [2.05, 4.69) is 16.7 Å². The second-order valence-corrected chi connectivity index (χ2v) is 8.15. The van der Waals surface area contributed by atoms with Crippen molar-refractivity contribution in [2.75, 3.05) is 39.0 Å². The first-order valence-electron chi connectivity index (χ1n) is 10.6. The van der Waals surface area contributed by atoms with Crippen LogP contribution in [0, 0.1) is 0 Å². The van der Waals surface area contributed by atoms with Crippen LogP contribution in [0.4, 0.5) is 10.5 Å². The Hall–Kier alpha value is -3.59. The van der Waals surface area contributed by atoms with Crippen molar-refractivity contribution in [3.63, 3.8) is 0 Å². The van der Waals surface area contributed by atoms with Crippen LogP contribution in [0.15, 0.2) is 51.7 Å². The lowest BCUT2D eigenvalue weighted by atomic mass is 10.0. The highest BCUT2D eigenvalue weighted by Gasteiger charge is 2.20. The normalized spacial score (nSPS) is 13.3. The van der Waals surface area contributed by atoms with E-state index in [0.29, 0.717) is 43.0 Å². The monoisotopic (exact) mass is 437 g/mol. The maximum atomic E-state index is 12.5. The molecule has 0 saturated carbocycles. The fourth-order valence-corrected chi connectivity index (χ4v) is 3.79. The molecular weight excluding hydrogens is 410 g/mol. The van der Waals surface area contributed by atoms with E-state index in [9.17, 15) is 14.4 Å². The van der Waals surface area contributed by atoms with Crippen molar-refractivity contribution >= 4 is 28.7 Å². The van der Waals surface area contributed by atoms with E-state index in [1.54, 1.807) is 27.7 Å². The van der Waals surface area contributed by atoms with E-state index in [1.807, 2.05) is 37.2 Å². The number of carbonyl (C=O) groups excluding carboxylic acids is 2. The second-order valence-electron chi connectivity index (χ2n) is 8.15. The fourth-order valence-electron chi connectivity index (χ4n) is 3.79. The number of nitrogens with zero attached hydrogens (tertiary/aromatic N) is 3. The van der Waals surface area contributed by atoms with Gasteiger partial charge in [-0.25, -0.2) is 9.59 Å². The molecular formula is C23H27N5O4. The van der Waals surface area contributed by atoms with Crippen LogP contribution < -0.4 is 16.4 Å². The van der Waals surface area contributed by atoms with E-state index in [1.165, 1.54) is 5.56 Å². The van der Waals surface area contributed by atoms with Gasteiger partial charge in [-0.15, -0.1) is 0 Å². The van der Waals surface area contributed by atoms with E-state index >= 15 is 0 Å². The van der Waals surface area contributed by atoms with Gasteiger partial charge in [-0.05, 0) is 49.8 Å². The first kappa shape index (κ1) is 21.6. The molecule has 0 saturated heterocycles. The fraction of sp³-hybridized carbons (Fsp3) is 0.348. The number of carbonyl (C=O) groups is 2. The first-order valence-corrected chi connectivity index (χ1v) is 10.6. The Morgan fingerprint density at radius 3 is 2.69 bits per heavy atom. The largest absolute Gasteiger partial charge is 0.419 e. The summed E-state index contributed by atoms with van der Waals surface area (Å²) in [5.41, 5.74) is 4.00. The van der Waals surface area contributed by atoms with E-state index < -0.39 is 5.76 Å². The van der Waals surface area contributed by atoms with Crippen LogP contribution in [-0.4, -0.2) is 60.0 Å². The van der Waals surface area contributed by atoms with Gasteiger partial charge in [0, 0.05) is 31.9 Å². The molecule has 32 heavy (non-hydrogen) atoms. The standard InChI is InChI=1S/C23H27N5O4/c1-26(2)11-12-28-19-13-18(7-8-20(19)32-23(28)31)25-21(29)14-24-22(30)27-10-9-16-5-3-4-6-17(16)15-27/h3-8,13H,9-12,14-15H2,1-2H3,(H,24,30)(H,25,29). The highest BCUT2D eigenvalue weighted by molar-refractivity contribution is 5.95. The Morgan fingerprint density at radius 2 is 1.91 bits per heavy atom. The number of oxazole rings is 1. The number of amides is 3. The third kappa shape index (κ3) is 4.83. The molecule has 4 rings (SSSR count). The van der Waals surface area contributed by atoms with Gasteiger partial charge in [0.1, 0.15) is 0 Å². The van der Waals surface area contributed by atoms with Gasteiger partial charge < -0.3 is 24.9 Å². The molecule has 3 aromatic rings. The molecule has 0 atom stereocenters. The molecule has 3 amide bonds. The smallest absolute Gasteiger partial charge is 0.408 e. The van der Waals surface area contributed by atoms with Crippen LogP contribution in [-0.2, 0) is 24.3 Å². The molecule has 9 heteroatoms. The van der Waals surface area contributed by atoms with Gasteiger partial charge in [-0.2, -0.15) is 0 Å². The van der Waals surface area contributed by atoms with E-state index in [4.69, 9.17) is 4.42 Å². The van der Waals surface area contributed by atoms with Crippen molar-refractivity contribution in [2.45, 2.75) is 19.5 Å². The van der Waals surface area contributed by atoms with Crippen LogP contribution in [0.3, 0.4) is 0 Å². The average molecular weight is 438 g/mol. The van der Waals surface area contributed by atoms with Gasteiger partial charge in [-0.3, -0.25) is 9.36 Å². The third-order valence-electron chi connectivity index (χ3n) is 5.54. The van der Waals surface area contributed by atoms with Gasteiger partial charge in [-0.1, -0.05) is 24.3 Å². The zero-order valence-electron chi connectivity index (χ0n) is 18.3. The Labute approximate surface area is 185 Å².